The van der Waals surface area contributed by atoms with Crippen LogP contribution in [0.1, 0.15) is 17.2 Å². The number of sulfone groups is 1. The number of hydrogen-bond donors (Lipinski definition) is 2. The van der Waals surface area contributed by atoms with Gasteiger partial charge in [-0.3, -0.25) is 0 Å². The Bertz CT molecular complexity index is 936. The van der Waals surface area contributed by atoms with Crippen molar-refractivity contribution in [2.45, 2.75) is 22.8 Å². The molecule has 122 valence electrons. The third kappa shape index (κ3) is 3.16. The van der Waals surface area contributed by atoms with Crippen molar-refractivity contribution in [2.75, 3.05) is 5.75 Å². The molecule has 0 saturated heterocycles. The quantitative estimate of drug-likeness (QED) is 0.810. The molecule has 1 aliphatic rings. The van der Waals surface area contributed by atoms with E-state index in [0.29, 0.717) is 5.56 Å². The zero-order chi connectivity index (χ0) is 16.7. The van der Waals surface area contributed by atoms with Crippen LogP contribution in [0.15, 0.2) is 58.3 Å². The summed E-state index contributed by atoms with van der Waals surface area (Å²) in [7, 11) is -7.15. The number of benzene rings is 2. The van der Waals surface area contributed by atoms with Gasteiger partial charge in [-0.25, -0.2) is 22.3 Å². The van der Waals surface area contributed by atoms with E-state index >= 15 is 0 Å². The molecule has 1 atom stereocenters. The van der Waals surface area contributed by atoms with Gasteiger partial charge in [-0.15, -0.1) is 4.83 Å². The van der Waals surface area contributed by atoms with E-state index in [0.717, 1.165) is 5.56 Å². The largest absolute Gasteiger partial charge is 0.253 e. The Hall–Kier alpha value is -1.74. The number of aryl methyl sites for hydroxylation is 1. The van der Waals surface area contributed by atoms with Crippen LogP contribution in [0.5, 0.6) is 0 Å². The van der Waals surface area contributed by atoms with Gasteiger partial charge in [-0.05, 0) is 30.7 Å². The normalized spacial score (nSPS) is 19.4. The fourth-order valence-corrected chi connectivity index (χ4v) is 5.14. The summed E-state index contributed by atoms with van der Waals surface area (Å²) in [4.78, 5) is 2.63. The van der Waals surface area contributed by atoms with Crippen LogP contribution in [0.25, 0.3) is 0 Å². The van der Waals surface area contributed by atoms with Gasteiger partial charge in [0.15, 0.2) is 9.84 Å². The molecule has 0 aliphatic carbocycles. The molecule has 8 heteroatoms. The molecule has 1 aliphatic heterocycles. The van der Waals surface area contributed by atoms with Crippen LogP contribution in [0.2, 0.25) is 0 Å². The Morgan fingerprint density at radius 2 is 1.70 bits per heavy atom. The van der Waals surface area contributed by atoms with Crippen LogP contribution >= 0.6 is 0 Å². The van der Waals surface area contributed by atoms with E-state index in [4.69, 9.17) is 0 Å². The van der Waals surface area contributed by atoms with E-state index in [9.17, 15) is 16.8 Å². The average Bonchev–Trinajstić information content (AvgIpc) is 2.78. The molecule has 2 aromatic rings. The number of fused-ring (bicyclic) bond motifs is 1. The van der Waals surface area contributed by atoms with Gasteiger partial charge in [0.05, 0.1) is 21.6 Å². The maximum Gasteiger partial charge on any atom is 0.253 e. The first kappa shape index (κ1) is 16.1. The molecule has 23 heavy (non-hydrogen) atoms. The minimum atomic E-state index is -3.76. The van der Waals surface area contributed by atoms with E-state index in [1.54, 1.807) is 30.3 Å². The van der Waals surface area contributed by atoms with Gasteiger partial charge in [0.1, 0.15) is 0 Å². The first-order valence-corrected chi connectivity index (χ1v) is 10.1. The van der Waals surface area contributed by atoms with Gasteiger partial charge in [-0.1, -0.05) is 35.9 Å². The molecule has 1 heterocycles. The molecule has 0 spiro atoms. The van der Waals surface area contributed by atoms with E-state index in [2.05, 4.69) is 10.3 Å². The number of hydrazine groups is 1. The SMILES string of the molecule is Cc1ccc(S(=O)(=O)NN[C@@H]2CS(=O)(=O)c3ccccc32)cc1. The minimum Gasteiger partial charge on any atom is -0.235 e. The van der Waals surface area contributed by atoms with Crippen LogP contribution in [-0.4, -0.2) is 22.6 Å². The van der Waals surface area contributed by atoms with Crippen molar-refractivity contribution in [2.24, 2.45) is 0 Å². The maximum absolute atomic E-state index is 12.3. The molecule has 0 saturated carbocycles. The first-order chi connectivity index (χ1) is 10.8. The Morgan fingerprint density at radius 3 is 2.39 bits per heavy atom. The van der Waals surface area contributed by atoms with Gasteiger partial charge in [-0.2, -0.15) is 0 Å². The number of sulfonamides is 1. The highest BCUT2D eigenvalue weighted by atomic mass is 32.2. The van der Waals surface area contributed by atoms with Crippen molar-refractivity contribution < 1.29 is 16.8 Å². The Balaban J connectivity index is 1.81. The zero-order valence-corrected chi connectivity index (χ0v) is 14.0. The summed E-state index contributed by atoms with van der Waals surface area (Å²) in [6.45, 7) is 1.86. The summed E-state index contributed by atoms with van der Waals surface area (Å²) < 4.78 is 48.7. The van der Waals surface area contributed by atoms with Gasteiger partial charge in [0, 0.05) is 0 Å². The molecule has 0 fully saturated rings. The Labute approximate surface area is 135 Å². The van der Waals surface area contributed by atoms with Crippen LogP contribution in [0.3, 0.4) is 0 Å². The number of hydrogen-bond acceptors (Lipinski definition) is 5. The molecule has 6 nitrogen and oxygen atoms in total. The lowest BCUT2D eigenvalue weighted by molar-refractivity contribution is 0.515. The van der Waals surface area contributed by atoms with Crippen LogP contribution in [0, 0.1) is 6.92 Å². The van der Waals surface area contributed by atoms with Crippen LogP contribution < -0.4 is 10.3 Å². The fourth-order valence-electron chi connectivity index (χ4n) is 2.50. The highest BCUT2D eigenvalue weighted by Gasteiger charge is 2.34. The zero-order valence-electron chi connectivity index (χ0n) is 12.4. The monoisotopic (exact) mass is 352 g/mol. The molecule has 0 amide bonds. The summed E-state index contributed by atoms with van der Waals surface area (Å²) >= 11 is 0. The molecule has 0 radical (unpaired) electrons. The predicted molar refractivity (Wildman–Crippen MR) is 85.9 cm³/mol. The summed E-state index contributed by atoms with van der Waals surface area (Å²) in [5.41, 5.74) is 4.15. The van der Waals surface area contributed by atoms with Crippen molar-refractivity contribution in [3.63, 3.8) is 0 Å². The summed E-state index contributed by atoms with van der Waals surface area (Å²) in [5, 5.41) is 0. The summed E-state index contributed by atoms with van der Waals surface area (Å²) in [6.07, 6.45) is 0. The van der Waals surface area contributed by atoms with E-state index in [-0.39, 0.29) is 15.5 Å². The molecule has 3 rings (SSSR count). The molecule has 2 aromatic carbocycles. The van der Waals surface area contributed by atoms with Crippen LogP contribution in [-0.2, 0) is 19.9 Å². The molecule has 0 unspecified atom stereocenters. The lowest BCUT2D eigenvalue weighted by atomic mass is 10.1. The second-order valence-electron chi connectivity index (χ2n) is 5.43. The van der Waals surface area contributed by atoms with Crippen molar-refractivity contribution in [3.8, 4) is 0 Å². The molecular weight excluding hydrogens is 336 g/mol. The van der Waals surface area contributed by atoms with E-state index in [1.165, 1.54) is 18.2 Å². The van der Waals surface area contributed by atoms with Gasteiger partial charge >= 0.3 is 0 Å². The highest BCUT2D eigenvalue weighted by molar-refractivity contribution is 7.91. The fraction of sp³-hybridized carbons (Fsp3) is 0.200. The Kier molecular flexibility index (Phi) is 4.01. The van der Waals surface area contributed by atoms with Crippen molar-refractivity contribution >= 4 is 19.9 Å². The molecule has 0 aromatic heterocycles. The topological polar surface area (TPSA) is 92.3 Å². The standard InChI is InChI=1S/C15H16N2O4S2/c1-11-6-8-12(9-7-11)23(20,21)17-16-14-10-22(18,19)15-5-3-2-4-13(14)15/h2-9,14,16-17H,10H2,1H3/t14-/m1/s1. The highest BCUT2D eigenvalue weighted by Crippen LogP contribution is 2.32. The summed E-state index contributed by atoms with van der Waals surface area (Å²) in [5.74, 6) is -0.178. The Morgan fingerprint density at radius 1 is 1.04 bits per heavy atom. The minimum absolute atomic E-state index is 0.115. The van der Waals surface area contributed by atoms with E-state index in [1.807, 2.05) is 6.92 Å². The first-order valence-electron chi connectivity index (χ1n) is 6.95. The van der Waals surface area contributed by atoms with Crippen molar-refractivity contribution in [1.82, 2.24) is 10.3 Å². The van der Waals surface area contributed by atoms with Crippen molar-refractivity contribution in [3.05, 3.63) is 59.7 Å². The van der Waals surface area contributed by atoms with Crippen molar-refractivity contribution in [1.29, 1.82) is 0 Å². The second kappa shape index (κ2) is 5.72. The van der Waals surface area contributed by atoms with Gasteiger partial charge < -0.3 is 0 Å². The number of rotatable bonds is 4. The third-order valence-electron chi connectivity index (χ3n) is 3.71. The maximum atomic E-state index is 12.3. The van der Waals surface area contributed by atoms with Gasteiger partial charge in [0.2, 0.25) is 0 Å². The second-order valence-corrected chi connectivity index (χ2v) is 9.12. The average molecular weight is 352 g/mol. The molecular formula is C15H16N2O4S2. The van der Waals surface area contributed by atoms with Crippen LogP contribution in [0.4, 0.5) is 0 Å². The molecule has 2 N–H and O–H groups in total. The summed E-state index contributed by atoms with van der Waals surface area (Å²) in [6, 6.07) is 12.4. The van der Waals surface area contributed by atoms with Gasteiger partial charge in [0.25, 0.3) is 10.0 Å². The lowest BCUT2D eigenvalue weighted by Crippen LogP contribution is -2.40. The third-order valence-corrected chi connectivity index (χ3v) is 6.81. The smallest absolute Gasteiger partial charge is 0.235 e. The van der Waals surface area contributed by atoms with E-state index < -0.39 is 25.9 Å². The lowest BCUT2D eigenvalue weighted by Gasteiger charge is -2.14. The molecule has 0 bridgehead atoms. The predicted octanol–water partition coefficient (Wildman–Crippen LogP) is 1.31. The number of nitrogens with one attached hydrogen (secondary N) is 2.